The molecule has 0 fully saturated rings. The number of nitrogens with one attached hydrogen (secondary N) is 1. The molecule has 0 aromatic heterocycles. The maximum absolute atomic E-state index is 12.3. The van der Waals surface area contributed by atoms with Crippen LogP contribution in [0.25, 0.3) is 0 Å². The van der Waals surface area contributed by atoms with Gasteiger partial charge in [0.1, 0.15) is 11.9 Å². The zero-order chi connectivity index (χ0) is 21.6. The van der Waals surface area contributed by atoms with Crippen molar-refractivity contribution in [1.82, 2.24) is 5.32 Å². The minimum atomic E-state index is -0.140. The highest BCUT2D eigenvalue weighted by molar-refractivity contribution is 6.42. The van der Waals surface area contributed by atoms with E-state index in [-0.39, 0.29) is 12.0 Å². The van der Waals surface area contributed by atoms with Gasteiger partial charge in [-0.25, -0.2) is 0 Å². The normalized spacial score (nSPS) is 15.2. The van der Waals surface area contributed by atoms with E-state index in [4.69, 9.17) is 27.9 Å². The topological polar surface area (TPSA) is 41.6 Å². The Labute approximate surface area is 192 Å². The number of rotatable bonds is 7. The third kappa shape index (κ3) is 5.72. The standard InChI is InChI=1S/C25H24Cl2N2O2/c26-21-12-10-19(14-22(21)27)16-29-17-20(31-24-9-5-4-8-23(24)29)15-28-25(30)13-11-18-6-2-1-3-7-18/h1-10,12,14,20H,11,13,15-17H2,(H,28,30). The zero-order valence-corrected chi connectivity index (χ0v) is 18.6. The van der Waals surface area contributed by atoms with Crippen molar-refractivity contribution in [3.63, 3.8) is 0 Å². The molecule has 1 aliphatic heterocycles. The summed E-state index contributed by atoms with van der Waals surface area (Å²) < 4.78 is 6.15. The minimum Gasteiger partial charge on any atom is -0.485 e. The summed E-state index contributed by atoms with van der Waals surface area (Å²) in [5, 5.41) is 4.11. The van der Waals surface area contributed by atoms with Crippen LogP contribution < -0.4 is 15.0 Å². The van der Waals surface area contributed by atoms with E-state index in [2.05, 4.69) is 10.2 Å². The highest BCUT2D eigenvalue weighted by Gasteiger charge is 2.26. The number of anilines is 1. The van der Waals surface area contributed by atoms with Crippen LogP contribution >= 0.6 is 23.2 Å². The van der Waals surface area contributed by atoms with Crippen molar-refractivity contribution in [2.45, 2.75) is 25.5 Å². The van der Waals surface area contributed by atoms with Crippen molar-refractivity contribution in [2.75, 3.05) is 18.0 Å². The van der Waals surface area contributed by atoms with Gasteiger partial charge in [0.2, 0.25) is 5.91 Å². The molecular weight excluding hydrogens is 431 g/mol. The van der Waals surface area contributed by atoms with E-state index in [1.807, 2.05) is 72.8 Å². The van der Waals surface area contributed by atoms with E-state index in [0.29, 0.717) is 36.1 Å². The lowest BCUT2D eigenvalue weighted by atomic mass is 10.1. The van der Waals surface area contributed by atoms with Gasteiger partial charge in [-0.3, -0.25) is 4.79 Å². The third-order valence-electron chi connectivity index (χ3n) is 5.29. The molecule has 1 amide bonds. The lowest BCUT2D eigenvalue weighted by Crippen LogP contribution is -2.46. The first-order chi connectivity index (χ1) is 15.1. The number of benzene rings is 3. The van der Waals surface area contributed by atoms with Crippen molar-refractivity contribution < 1.29 is 9.53 Å². The molecule has 1 heterocycles. The van der Waals surface area contributed by atoms with E-state index in [9.17, 15) is 4.79 Å². The Morgan fingerprint density at radius 2 is 1.74 bits per heavy atom. The van der Waals surface area contributed by atoms with Crippen LogP contribution in [0.4, 0.5) is 5.69 Å². The summed E-state index contributed by atoms with van der Waals surface area (Å²) >= 11 is 12.3. The summed E-state index contributed by atoms with van der Waals surface area (Å²) in [6.07, 6.45) is 1.04. The number of ether oxygens (including phenoxy) is 1. The average Bonchev–Trinajstić information content (AvgIpc) is 2.79. The SMILES string of the molecule is O=C(CCc1ccccc1)NCC1CN(Cc2ccc(Cl)c(Cl)c2)c2ccccc2O1. The maximum atomic E-state index is 12.3. The van der Waals surface area contributed by atoms with Crippen molar-refractivity contribution in [1.29, 1.82) is 0 Å². The lowest BCUT2D eigenvalue weighted by molar-refractivity contribution is -0.121. The van der Waals surface area contributed by atoms with Gasteiger partial charge < -0.3 is 15.0 Å². The fourth-order valence-corrected chi connectivity index (χ4v) is 4.03. The van der Waals surface area contributed by atoms with E-state index in [1.54, 1.807) is 0 Å². The maximum Gasteiger partial charge on any atom is 0.220 e. The predicted octanol–water partition coefficient (Wildman–Crippen LogP) is 5.51. The van der Waals surface area contributed by atoms with E-state index >= 15 is 0 Å². The molecule has 3 aromatic carbocycles. The number of fused-ring (bicyclic) bond motifs is 1. The third-order valence-corrected chi connectivity index (χ3v) is 6.03. The number of aryl methyl sites for hydroxylation is 1. The smallest absolute Gasteiger partial charge is 0.220 e. The summed E-state index contributed by atoms with van der Waals surface area (Å²) in [4.78, 5) is 14.6. The van der Waals surface area contributed by atoms with Gasteiger partial charge in [0.05, 0.1) is 28.8 Å². The summed E-state index contributed by atoms with van der Waals surface area (Å²) in [6.45, 7) is 1.80. The van der Waals surface area contributed by atoms with Crippen LogP contribution in [-0.2, 0) is 17.8 Å². The molecule has 4 nitrogen and oxygen atoms in total. The number of hydrogen-bond acceptors (Lipinski definition) is 3. The van der Waals surface area contributed by atoms with Crippen LogP contribution in [0.15, 0.2) is 72.8 Å². The summed E-state index contributed by atoms with van der Waals surface area (Å²) in [5.41, 5.74) is 3.25. The molecule has 1 unspecified atom stereocenters. The molecular formula is C25H24Cl2N2O2. The Morgan fingerprint density at radius 1 is 0.968 bits per heavy atom. The summed E-state index contributed by atoms with van der Waals surface area (Å²) in [7, 11) is 0. The zero-order valence-electron chi connectivity index (χ0n) is 17.1. The molecule has 1 aliphatic rings. The molecule has 160 valence electrons. The van der Waals surface area contributed by atoms with Crippen molar-refractivity contribution in [2.24, 2.45) is 0 Å². The van der Waals surface area contributed by atoms with Gasteiger partial charge in [0, 0.05) is 13.0 Å². The number of nitrogens with zero attached hydrogens (tertiary/aromatic N) is 1. The predicted molar refractivity (Wildman–Crippen MR) is 126 cm³/mol. The van der Waals surface area contributed by atoms with E-state index in [1.165, 1.54) is 0 Å². The molecule has 0 aliphatic carbocycles. The molecule has 0 bridgehead atoms. The van der Waals surface area contributed by atoms with Gasteiger partial charge in [-0.05, 0) is 41.8 Å². The molecule has 6 heteroatoms. The average molecular weight is 455 g/mol. The van der Waals surface area contributed by atoms with E-state index in [0.717, 1.165) is 29.0 Å². The summed E-state index contributed by atoms with van der Waals surface area (Å²) in [5.74, 6) is 0.847. The Kier molecular flexibility index (Phi) is 7.00. The Hall–Kier alpha value is -2.69. The molecule has 1 N–H and O–H groups in total. The molecule has 31 heavy (non-hydrogen) atoms. The van der Waals surface area contributed by atoms with Crippen molar-refractivity contribution in [3.8, 4) is 5.75 Å². The van der Waals surface area contributed by atoms with Crippen molar-refractivity contribution in [3.05, 3.63) is 94.0 Å². The second kappa shape index (κ2) is 10.1. The van der Waals surface area contributed by atoms with Gasteiger partial charge in [-0.2, -0.15) is 0 Å². The molecule has 1 atom stereocenters. The van der Waals surface area contributed by atoms with Crippen LogP contribution in [0.5, 0.6) is 5.75 Å². The van der Waals surface area contributed by atoms with Gasteiger partial charge in [-0.15, -0.1) is 0 Å². The number of carbonyl (C=O) groups is 1. The van der Waals surface area contributed by atoms with Crippen LogP contribution in [0.2, 0.25) is 10.0 Å². The number of carbonyl (C=O) groups excluding carboxylic acids is 1. The fourth-order valence-electron chi connectivity index (χ4n) is 3.71. The van der Waals surface area contributed by atoms with Crippen LogP contribution in [-0.4, -0.2) is 25.1 Å². The molecule has 0 radical (unpaired) electrons. The number of hydrogen-bond donors (Lipinski definition) is 1. The van der Waals surface area contributed by atoms with Crippen LogP contribution in [0.1, 0.15) is 17.5 Å². The first kappa shape index (κ1) is 21.5. The number of halogens is 2. The highest BCUT2D eigenvalue weighted by atomic mass is 35.5. The van der Waals surface area contributed by atoms with Crippen molar-refractivity contribution >= 4 is 34.8 Å². The Bertz CT molecular complexity index is 1040. The Balaban J connectivity index is 1.38. The molecule has 4 rings (SSSR count). The molecule has 0 saturated carbocycles. The van der Waals surface area contributed by atoms with E-state index < -0.39 is 0 Å². The van der Waals surface area contributed by atoms with Gasteiger partial charge in [0.25, 0.3) is 0 Å². The first-order valence-corrected chi connectivity index (χ1v) is 11.1. The molecule has 0 saturated heterocycles. The van der Waals surface area contributed by atoms with Gasteiger partial charge in [-0.1, -0.05) is 71.7 Å². The largest absolute Gasteiger partial charge is 0.485 e. The first-order valence-electron chi connectivity index (χ1n) is 10.3. The molecule has 0 spiro atoms. The second-order valence-electron chi connectivity index (χ2n) is 7.63. The highest BCUT2D eigenvalue weighted by Crippen LogP contribution is 2.34. The molecule has 3 aromatic rings. The lowest BCUT2D eigenvalue weighted by Gasteiger charge is -2.36. The number of para-hydroxylation sites is 2. The monoisotopic (exact) mass is 454 g/mol. The van der Waals surface area contributed by atoms with Gasteiger partial charge >= 0.3 is 0 Å². The number of amides is 1. The van der Waals surface area contributed by atoms with Crippen LogP contribution in [0.3, 0.4) is 0 Å². The summed E-state index contributed by atoms with van der Waals surface area (Å²) in [6, 6.07) is 23.7. The second-order valence-corrected chi connectivity index (χ2v) is 8.44. The Morgan fingerprint density at radius 3 is 2.55 bits per heavy atom. The van der Waals surface area contributed by atoms with Crippen LogP contribution in [0, 0.1) is 0 Å². The minimum absolute atomic E-state index is 0.0299. The fraction of sp³-hybridized carbons (Fsp3) is 0.240. The quantitative estimate of drug-likeness (QED) is 0.511. The van der Waals surface area contributed by atoms with Gasteiger partial charge in [0.15, 0.2) is 0 Å².